The average molecular weight is 183 g/mol. The quantitative estimate of drug-likeness (QED) is 0.643. The first-order chi connectivity index (χ1) is 6.36. The second kappa shape index (κ2) is 6.00. The van der Waals surface area contributed by atoms with E-state index in [1.807, 2.05) is 14.0 Å². The van der Waals surface area contributed by atoms with Crippen molar-refractivity contribution >= 4 is 0 Å². The van der Waals surface area contributed by atoms with Crippen LogP contribution in [-0.4, -0.2) is 43.1 Å². The first-order valence-corrected chi connectivity index (χ1v) is 5.16. The van der Waals surface area contributed by atoms with Gasteiger partial charge >= 0.3 is 0 Å². The van der Waals surface area contributed by atoms with Gasteiger partial charge in [-0.2, -0.15) is 0 Å². The van der Waals surface area contributed by atoms with E-state index >= 15 is 0 Å². The number of allylic oxidation sites excluding steroid dienone is 1. The van der Waals surface area contributed by atoms with Gasteiger partial charge < -0.3 is 9.91 Å². The molecule has 13 heavy (non-hydrogen) atoms. The Balaban J connectivity index is 2.14. The number of likely N-dealkylation sites (tertiary alicyclic amines) is 1. The zero-order chi connectivity index (χ0) is 9.52. The molecule has 0 aliphatic carbocycles. The summed E-state index contributed by atoms with van der Waals surface area (Å²) >= 11 is 0. The van der Waals surface area contributed by atoms with E-state index in [-0.39, 0.29) is 0 Å². The summed E-state index contributed by atoms with van der Waals surface area (Å²) in [6, 6.07) is 0. The van der Waals surface area contributed by atoms with E-state index in [2.05, 4.69) is 27.6 Å². The first-order valence-electron chi connectivity index (χ1n) is 5.16. The van der Waals surface area contributed by atoms with Crippen LogP contribution in [0.5, 0.6) is 0 Å². The van der Waals surface area contributed by atoms with Gasteiger partial charge in [-0.25, -0.2) is 5.43 Å². The van der Waals surface area contributed by atoms with Gasteiger partial charge in [-0.3, -0.25) is 0 Å². The van der Waals surface area contributed by atoms with Crippen LogP contribution in [0.4, 0.5) is 0 Å². The van der Waals surface area contributed by atoms with Gasteiger partial charge in [-0.05, 0) is 32.9 Å². The molecule has 0 unspecified atom stereocenters. The van der Waals surface area contributed by atoms with Crippen LogP contribution in [0.25, 0.3) is 0 Å². The highest BCUT2D eigenvalue weighted by Crippen LogP contribution is 2.06. The monoisotopic (exact) mass is 183 g/mol. The molecule has 1 rings (SSSR count). The summed E-state index contributed by atoms with van der Waals surface area (Å²) < 4.78 is 0. The van der Waals surface area contributed by atoms with Crippen molar-refractivity contribution in [2.45, 2.75) is 19.8 Å². The van der Waals surface area contributed by atoms with Crippen molar-refractivity contribution in [1.29, 1.82) is 0 Å². The smallest absolute Gasteiger partial charge is 0.0465 e. The van der Waals surface area contributed by atoms with Crippen molar-refractivity contribution < 1.29 is 0 Å². The van der Waals surface area contributed by atoms with Gasteiger partial charge in [0.15, 0.2) is 0 Å². The SMILES string of the molecule is C/C=C\N(CCN1CCCC1)NC. The standard InChI is InChI=1S/C10H21N3/c1-3-6-13(11-2)10-9-12-7-4-5-8-12/h3,6,11H,4-5,7-10H2,1-2H3/b6-3-. The Bertz CT molecular complexity index is 150. The molecule has 1 aliphatic heterocycles. The number of hydrogen-bond acceptors (Lipinski definition) is 3. The Morgan fingerprint density at radius 1 is 1.38 bits per heavy atom. The Morgan fingerprint density at radius 3 is 2.62 bits per heavy atom. The van der Waals surface area contributed by atoms with Gasteiger partial charge in [0, 0.05) is 26.3 Å². The molecule has 0 aromatic carbocycles. The fraction of sp³-hybridized carbons (Fsp3) is 0.800. The second-order valence-corrected chi connectivity index (χ2v) is 3.45. The fourth-order valence-electron chi connectivity index (χ4n) is 1.70. The van der Waals surface area contributed by atoms with E-state index in [4.69, 9.17) is 0 Å². The molecule has 76 valence electrons. The van der Waals surface area contributed by atoms with Gasteiger partial charge in [0.05, 0.1) is 0 Å². The first kappa shape index (κ1) is 10.5. The Hall–Kier alpha value is -0.540. The lowest BCUT2D eigenvalue weighted by Crippen LogP contribution is -2.37. The van der Waals surface area contributed by atoms with Crippen molar-refractivity contribution in [2.24, 2.45) is 0 Å². The van der Waals surface area contributed by atoms with E-state index in [0.29, 0.717) is 0 Å². The molecule has 0 atom stereocenters. The normalized spacial score (nSPS) is 18.6. The van der Waals surface area contributed by atoms with Crippen LogP contribution in [0, 0.1) is 0 Å². The van der Waals surface area contributed by atoms with Crippen molar-refractivity contribution in [3.8, 4) is 0 Å². The second-order valence-electron chi connectivity index (χ2n) is 3.45. The minimum Gasteiger partial charge on any atom is -0.315 e. The van der Waals surface area contributed by atoms with Crippen LogP contribution >= 0.6 is 0 Å². The maximum Gasteiger partial charge on any atom is 0.0465 e. The van der Waals surface area contributed by atoms with E-state index < -0.39 is 0 Å². The molecule has 1 saturated heterocycles. The maximum absolute atomic E-state index is 3.15. The lowest BCUT2D eigenvalue weighted by Gasteiger charge is -2.22. The zero-order valence-corrected chi connectivity index (χ0v) is 8.79. The third kappa shape index (κ3) is 3.79. The molecule has 3 heteroatoms. The van der Waals surface area contributed by atoms with Crippen molar-refractivity contribution in [1.82, 2.24) is 15.3 Å². The predicted molar refractivity (Wildman–Crippen MR) is 56.3 cm³/mol. The third-order valence-corrected chi connectivity index (χ3v) is 2.47. The minimum atomic E-state index is 1.07. The van der Waals surface area contributed by atoms with Gasteiger partial charge in [0.1, 0.15) is 0 Å². The highest BCUT2D eigenvalue weighted by molar-refractivity contribution is 4.77. The molecule has 1 fully saturated rings. The van der Waals surface area contributed by atoms with Crippen molar-refractivity contribution in [2.75, 3.05) is 33.2 Å². The number of hydrogen-bond donors (Lipinski definition) is 1. The highest BCUT2D eigenvalue weighted by Gasteiger charge is 2.11. The molecule has 0 aromatic rings. The van der Waals surface area contributed by atoms with Crippen LogP contribution in [0.2, 0.25) is 0 Å². The molecule has 3 nitrogen and oxygen atoms in total. The number of hydrazine groups is 1. The maximum atomic E-state index is 3.15. The van der Waals surface area contributed by atoms with Crippen LogP contribution in [0.1, 0.15) is 19.8 Å². The summed E-state index contributed by atoms with van der Waals surface area (Å²) in [5.41, 5.74) is 3.15. The summed E-state index contributed by atoms with van der Waals surface area (Å²) in [5.74, 6) is 0. The molecule has 0 bridgehead atoms. The molecule has 0 amide bonds. The minimum absolute atomic E-state index is 1.07. The van der Waals surface area contributed by atoms with Gasteiger partial charge in [0.25, 0.3) is 0 Å². The lowest BCUT2D eigenvalue weighted by atomic mass is 10.4. The van der Waals surface area contributed by atoms with Crippen molar-refractivity contribution in [3.63, 3.8) is 0 Å². The van der Waals surface area contributed by atoms with Crippen LogP contribution in [0.3, 0.4) is 0 Å². The molecule has 1 aliphatic rings. The lowest BCUT2D eigenvalue weighted by molar-refractivity contribution is 0.238. The van der Waals surface area contributed by atoms with Crippen molar-refractivity contribution in [3.05, 3.63) is 12.3 Å². The molecular weight excluding hydrogens is 162 g/mol. The van der Waals surface area contributed by atoms with E-state index in [1.54, 1.807) is 0 Å². The molecule has 0 aromatic heterocycles. The summed E-state index contributed by atoms with van der Waals surface area (Å²) in [5, 5.41) is 2.12. The Kier molecular flexibility index (Phi) is 4.86. The van der Waals surface area contributed by atoms with Gasteiger partial charge in [-0.15, -0.1) is 0 Å². The summed E-state index contributed by atoms with van der Waals surface area (Å²) in [6.45, 7) is 6.85. The predicted octanol–water partition coefficient (Wildman–Crippen LogP) is 1.05. The Morgan fingerprint density at radius 2 is 2.08 bits per heavy atom. The number of nitrogens with zero attached hydrogens (tertiary/aromatic N) is 2. The highest BCUT2D eigenvalue weighted by atomic mass is 15.5. The average Bonchev–Trinajstić information content (AvgIpc) is 2.64. The molecule has 1 heterocycles. The molecule has 1 N–H and O–H groups in total. The third-order valence-electron chi connectivity index (χ3n) is 2.47. The number of rotatable bonds is 5. The summed E-state index contributed by atoms with van der Waals surface area (Å²) in [7, 11) is 1.96. The van der Waals surface area contributed by atoms with Crippen LogP contribution in [-0.2, 0) is 0 Å². The van der Waals surface area contributed by atoms with E-state index in [1.165, 1.54) is 32.5 Å². The van der Waals surface area contributed by atoms with Gasteiger partial charge in [0.2, 0.25) is 0 Å². The molecule has 0 saturated carbocycles. The summed E-state index contributed by atoms with van der Waals surface area (Å²) in [6.07, 6.45) is 6.89. The molecule has 0 radical (unpaired) electrons. The Labute approximate surface area is 81.4 Å². The van der Waals surface area contributed by atoms with E-state index in [0.717, 1.165) is 6.54 Å². The van der Waals surface area contributed by atoms with Gasteiger partial charge in [-0.1, -0.05) is 6.08 Å². The number of nitrogens with one attached hydrogen (secondary N) is 1. The molecular formula is C10H21N3. The van der Waals surface area contributed by atoms with Crippen LogP contribution in [0.15, 0.2) is 12.3 Å². The zero-order valence-electron chi connectivity index (χ0n) is 8.79. The largest absolute Gasteiger partial charge is 0.315 e. The summed E-state index contributed by atoms with van der Waals surface area (Å²) in [4.78, 5) is 2.52. The molecule has 0 spiro atoms. The van der Waals surface area contributed by atoms with Crippen LogP contribution < -0.4 is 5.43 Å². The van der Waals surface area contributed by atoms with E-state index in [9.17, 15) is 0 Å². The fourth-order valence-corrected chi connectivity index (χ4v) is 1.70. The topological polar surface area (TPSA) is 18.5 Å².